The number of carbonyl (C=O) groups excluding carboxylic acids is 2. The highest BCUT2D eigenvalue weighted by Crippen LogP contribution is 2.65. The molecule has 146 valence electrons. The predicted octanol–water partition coefficient (Wildman–Crippen LogP) is 5.72. The van der Waals surface area contributed by atoms with E-state index in [9.17, 15) is 9.59 Å². The predicted molar refractivity (Wildman–Crippen MR) is 104 cm³/mol. The van der Waals surface area contributed by atoms with Gasteiger partial charge < -0.3 is 0 Å². The number of hydrogen-bond donors (Lipinski definition) is 0. The van der Waals surface area contributed by atoms with E-state index in [4.69, 9.17) is 5.26 Å². The minimum absolute atomic E-state index is 0.00511. The number of nitriles is 1. The number of fused-ring (bicyclic) bond motifs is 5. The van der Waals surface area contributed by atoms with Gasteiger partial charge in [-0.1, -0.05) is 27.7 Å². The van der Waals surface area contributed by atoms with Crippen molar-refractivity contribution in [2.45, 2.75) is 92.4 Å². The molecule has 4 fully saturated rings. The monoisotopic (exact) mass is 359 g/mol. The fourth-order valence-electron chi connectivity index (χ4n) is 6.82. The first-order chi connectivity index (χ1) is 12.4. The third kappa shape index (κ3) is 3.37. The van der Waals surface area contributed by atoms with E-state index < -0.39 is 0 Å². The first-order valence-corrected chi connectivity index (χ1v) is 10.7. The molecule has 0 N–H and O–H groups in total. The molecule has 3 heteroatoms. The van der Waals surface area contributed by atoms with Crippen molar-refractivity contribution in [3.63, 3.8) is 0 Å². The first kappa shape index (κ1) is 21.1. The minimum atomic E-state index is -0.00511. The second-order valence-corrected chi connectivity index (χ2v) is 9.04. The summed E-state index contributed by atoms with van der Waals surface area (Å²) in [4.78, 5) is 24.2. The maximum atomic E-state index is 12.4. The lowest BCUT2D eigenvalue weighted by Crippen LogP contribution is -2.53. The molecule has 0 aromatic rings. The van der Waals surface area contributed by atoms with Gasteiger partial charge in [0.25, 0.3) is 0 Å². The Balaban J connectivity index is 0.000000444. The molecule has 4 aliphatic carbocycles. The van der Waals surface area contributed by atoms with Gasteiger partial charge in [-0.05, 0) is 67.6 Å². The zero-order chi connectivity index (χ0) is 19.5. The van der Waals surface area contributed by atoms with E-state index in [0.717, 1.165) is 50.4 Å². The molecule has 0 aliphatic heterocycles. The topological polar surface area (TPSA) is 57.9 Å². The third-order valence-electron chi connectivity index (χ3n) is 8.19. The van der Waals surface area contributed by atoms with Crippen LogP contribution in [0.25, 0.3) is 0 Å². The molecule has 4 rings (SSSR count). The van der Waals surface area contributed by atoms with Crippen LogP contribution in [0.3, 0.4) is 0 Å². The molecular weight excluding hydrogens is 322 g/mol. The number of rotatable bonds is 0. The molecule has 4 saturated carbocycles. The van der Waals surface area contributed by atoms with Crippen LogP contribution >= 0.6 is 0 Å². The Hall–Kier alpha value is -1.17. The normalized spacial score (nSPS) is 43.4. The highest BCUT2D eigenvalue weighted by atomic mass is 16.1. The van der Waals surface area contributed by atoms with Crippen LogP contribution in [0, 0.1) is 45.8 Å². The lowest BCUT2D eigenvalue weighted by atomic mass is 9.45. The summed E-state index contributed by atoms with van der Waals surface area (Å²) in [5.41, 5.74) is 0.374. The zero-order valence-corrected chi connectivity index (χ0v) is 17.4. The summed E-state index contributed by atoms with van der Waals surface area (Å²) >= 11 is 0. The highest BCUT2D eigenvalue weighted by molar-refractivity contribution is 5.87. The zero-order valence-electron chi connectivity index (χ0n) is 17.4. The van der Waals surface area contributed by atoms with Gasteiger partial charge >= 0.3 is 0 Å². The van der Waals surface area contributed by atoms with Crippen LogP contribution in [0.2, 0.25) is 0 Å². The van der Waals surface area contributed by atoms with Gasteiger partial charge in [0, 0.05) is 31.6 Å². The lowest BCUT2D eigenvalue weighted by Gasteiger charge is -2.59. The average molecular weight is 360 g/mol. The Labute approximate surface area is 159 Å². The lowest BCUT2D eigenvalue weighted by molar-refractivity contribution is -0.144. The molecule has 0 heterocycles. The summed E-state index contributed by atoms with van der Waals surface area (Å²) in [6.07, 6.45) is 9.53. The van der Waals surface area contributed by atoms with Crippen molar-refractivity contribution < 1.29 is 9.59 Å². The number of Topliss-reactive ketones (excluding diaryl/α,β-unsaturated/α-hetero) is 2. The van der Waals surface area contributed by atoms with Crippen LogP contribution in [0.5, 0.6) is 0 Å². The molecule has 0 aromatic carbocycles. The molecule has 26 heavy (non-hydrogen) atoms. The number of ketones is 2. The van der Waals surface area contributed by atoms with Gasteiger partial charge in [0.1, 0.15) is 11.6 Å². The first-order valence-electron chi connectivity index (χ1n) is 10.7. The average Bonchev–Trinajstić information content (AvgIpc) is 2.93. The number of carbonyl (C=O) groups is 2. The van der Waals surface area contributed by atoms with E-state index >= 15 is 0 Å². The van der Waals surface area contributed by atoms with Gasteiger partial charge in [-0.15, -0.1) is 0 Å². The van der Waals surface area contributed by atoms with Gasteiger partial charge in [0.2, 0.25) is 0 Å². The number of nitrogens with zero attached hydrogens (tertiary/aromatic N) is 1. The molecular formula is C23H37NO2. The highest BCUT2D eigenvalue weighted by Gasteiger charge is 2.60. The standard InChI is InChI=1S/C19H28O2.C2H3N.C2H6/c1-18-9-7-13(20)11-12(18)3-4-14-15-5-6-17(21)19(15,2)10-8-16(14)18;1-2-3;1-2/h12,14-16H,3-11H2,1-2H3;1H3;1-2H3/t12?,14?,15?,16?,18-,19-;;/m0../s1. The summed E-state index contributed by atoms with van der Waals surface area (Å²) in [7, 11) is 0. The van der Waals surface area contributed by atoms with E-state index in [0.29, 0.717) is 28.8 Å². The van der Waals surface area contributed by atoms with E-state index in [1.165, 1.54) is 26.2 Å². The molecule has 4 aliphatic rings. The largest absolute Gasteiger partial charge is 0.300 e. The maximum absolute atomic E-state index is 12.4. The van der Waals surface area contributed by atoms with Crippen molar-refractivity contribution in [1.29, 1.82) is 5.26 Å². The summed E-state index contributed by atoms with van der Waals surface area (Å²) < 4.78 is 0. The Morgan fingerprint density at radius 2 is 1.62 bits per heavy atom. The van der Waals surface area contributed by atoms with E-state index in [2.05, 4.69) is 13.8 Å². The van der Waals surface area contributed by atoms with Crippen LogP contribution in [0.1, 0.15) is 92.4 Å². The van der Waals surface area contributed by atoms with Crippen molar-refractivity contribution in [3.05, 3.63) is 0 Å². The van der Waals surface area contributed by atoms with E-state index in [1.54, 1.807) is 6.07 Å². The van der Waals surface area contributed by atoms with Gasteiger partial charge in [0.15, 0.2) is 0 Å². The van der Waals surface area contributed by atoms with Gasteiger partial charge in [-0.2, -0.15) is 5.26 Å². The molecule has 0 bridgehead atoms. The van der Waals surface area contributed by atoms with Crippen molar-refractivity contribution in [2.24, 2.45) is 34.5 Å². The molecule has 0 aromatic heterocycles. The molecule has 0 amide bonds. The van der Waals surface area contributed by atoms with Crippen molar-refractivity contribution >= 4 is 11.6 Å². The van der Waals surface area contributed by atoms with E-state index in [1.807, 2.05) is 13.8 Å². The Bertz CT molecular complexity index is 577. The quantitative estimate of drug-likeness (QED) is 0.555. The second kappa shape index (κ2) is 8.24. The molecule has 0 saturated heterocycles. The fraction of sp³-hybridized carbons (Fsp3) is 0.870. The summed E-state index contributed by atoms with van der Waals surface area (Å²) in [5, 5.41) is 7.32. The smallest absolute Gasteiger partial charge is 0.139 e. The molecule has 6 atom stereocenters. The van der Waals surface area contributed by atoms with Crippen LogP contribution in [0.4, 0.5) is 0 Å². The summed E-state index contributed by atoms with van der Waals surface area (Å²) in [6.45, 7) is 10.2. The molecule has 0 radical (unpaired) electrons. The molecule has 3 nitrogen and oxygen atoms in total. The Morgan fingerprint density at radius 1 is 0.962 bits per heavy atom. The van der Waals surface area contributed by atoms with Gasteiger partial charge in [-0.3, -0.25) is 9.59 Å². The Kier molecular flexibility index (Phi) is 6.70. The van der Waals surface area contributed by atoms with Crippen LogP contribution in [-0.4, -0.2) is 11.6 Å². The SMILES string of the molecule is CC.CC#N.C[C@]12CCC(=O)CC1CCC1C2CC[C@]2(C)C(=O)CCC12. The van der Waals surface area contributed by atoms with Gasteiger partial charge in [-0.25, -0.2) is 0 Å². The number of hydrogen-bond acceptors (Lipinski definition) is 3. The molecule has 0 spiro atoms. The van der Waals surface area contributed by atoms with Crippen molar-refractivity contribution in [1.82, 2.24) is 0 Å². The third-order valence-corrected chi connectivity index (χ3v) is 8.19. The fourth-order valence-corrected chi connectivity index (χ4v) is 6.82. The van der Waals surface area contributed by atoms with Gasteiger partial charge in [0.05, 0.1) is 6.07 Å². The van der Waals surface area contributed by atoms with Crippen LogP contribution < -0.4 is 0 Å². The minimum Gasteiger partial charge on any atom is -0.300 e. The Morgan fingerprint density at radius 3 is 2.27 bits per heavy atom. The second-order valence-electron chi connectivity index (χ2n) is 9.04. The van der Waals surface area contributed by atoms with Crippen molar-refractivity contribution in [3.8, 4) is 6.07 Å². The van der Waals surface area contributed by atoms with Crippen LogP contribution in [0.15, 0.2) is 0 Å². The van der Waals surface area contributed by atoms with Crippen LogP contribution in [-0.2, 0) is 9.59 Å². The maximum Gasteiger partial charge on any atom is 0.139 e. The van der Waals surface area contributed by atoms with Crippen molar-refractivity contribution in [2.75, 3.05) is 0 Å². The van der Waals surface area contributed by atoms with E-state index in [-0.39, 0.29) is 5.41 Å². The summed E-state index contributed by atoms with van der Waals surface area (Å²) in [6, 6.07) is 1.75. The summed E-state index contributed by atoms with van der Waals surface area (Å²) in [5.74, 6) is 3.82. The molecule has 4 unspecified atom stereocenters.